The third kappa shape index (κ3) is 2.76. The molecule has 0 fully saturated rings. The number of nitrogens with one attached hydrogen (secondary N) is 2. The van der Waals surface area contributed by atoms with E-state index in [-0.39, 0.29) is 0 Å². The van der Waals surface area contributed by atoms with Crippen LogP contribution < -0.4 is 10.6 Å². The molecule has 0 amide bonds. The number of rotatable bonds is 3. The first kappa shape index (κ1) is 13.6. The van der Waals surface area contributed by atoms with Gasteiger partial charge in [-0.25, -0.2) is 4.99 Å². The van der Waals surface area contributed by atoms with Crippen molar-refractivity contribution in [1.82, 2.24) is 0 Å². The second-order valence-electron chi connectivity index (χ2n) is 4.99. The first-order valence-electron chi connectivity index (χ1n) is 7.22. The number of fused-ring (bicyclic) bond motifs is 1. The van der Waals surface area contributed by atoms with Crippen LogP contribution in [0.5, 0.6) is 0 Å². The molecule has 0 spiro atoms. The Balaban J connectivity index is 2.10. The molecule has 0 saturated carbocycles. The number of aliphatic hydroxyl groups excluding tert-OH is 1. The van der Waals surface area contributed by atoms with Crippen molar-refractivity contribution < 1.29 is 5.11 Å². The van der Waals surface area contributed by atoms with E-state index in [1.54, 1.807) is 0 Å². The smallest absolute Gasteiger partial charge is 0.114 e. The van der Waals surface area contributed by atoms with E-state index in [0.29, 0.717) is 12.3 Å². The lowest BCUT2D eigenvalue weighted by atomic mass is 10.0. The van der Waals surface area contributed by atoms with Gasteiger partial charge in [-0.15, -0.1) is 0 Å². The molecule has 4 heteroatoms. The van der Waals surface area contributed by atoms with Gasteiger partial charge >= 0.3 is 0 Å². The number of aliphatic hydroxyl groups is 1. The highest BCUT2D eigenvalue weighted by atomic mass is 16.3. The van der Waals surface area contributed by atoms with Gasteiger partial charge in [-0.1, -0.05) is 30.3 Å². The third-order valence-electron chi connectivity index (χ3n) is 3.52. The van der Waals surface area contributed by atoms with Crippen LogP contribution >= 0.6 is 0 Å². The number of nitrogens with zero attached hydrogens (tertiary/aromatic N) is 1. The minimum Gasteiger partial charge on any atom is -0.385 e. The van der Waals surface area contributed by atoms with E-state index in [1.807, 2.05) is 48.5 Å². The van der Waals surface area contributed by atoms with Crippen molar-refractivity contribution in [1.29, 1.82) is 0 Å². The fraction of sp³-hybridized carbons (Fsp3) is 0.235. The number of anilines is 2. The highest BCUT2D eigenvalue weighted by Crippen LogP contribution is 2.29. The van der Waals surface area contributed by atoms with Gasteiger partial charge in [0.25, 0.3) is 0 Å². The van der Waals surface area contributed by atoms with Crippen molar-refractivity contribution in [3.05, 3.63) is 54.1 Å². The molecule has 1 aliphatic rings. The van der Waals surface area contributed by atoms with E-state index >= 15 is 0 Å². The monoisotopic (exact) mass is 281 g/mol. The van der Waals surface area contributed by atoms with E-state index in [2.05, 4.69) is 17.6 Å². The van der Waals surface area contributed by atoms with E-state index in [9.17, 15) is 5.11 Å². The number of hydrogen-bond acceptors (Lipinski definition) is 4. The number of benzene rings is 2. The van der Waals surface area contributed by atoms with Gasteiger partial charge in [0.05, 0.1) is 17.1 Å². The zero-order valence-electron chi connectivity index (χ0n) is 12.0. The molecule has 1 atom stereocenters. The Bertz CT molecular complexity index is 667. The summed E-state index contributed by atoms with van der Waals surface area (Å²) in [5.74, 6) is 0. The van der Waals surface area contributed by atoms with Crippen molar-refractivity contribution in [2.24, 2.45) is 4.99 Å². The van der Waals surface area contributed by atoms with Gasteiger partial charge in [0, 0.05) is 24.3 Å². The highest BCUT2D eigenvalue weighted by molar-refractivity contribution is 6.10. The second-order valence-corrected chi connectivity index (χ2v) is 4.99. The summed E-state index contributed by atoms with van der Waals surface area (Å²) in [4.78, 5) is 4.70. The fourth-order valence-corrected chi connectivity index (χ4v) is 2.52. The minimum absolute atomic E-state index is 0.455. The zero-order chi connectivity index (χ0) is 14.7. The van der Waals surface area contributed by atoms with E-state index < -0.39 is 6.10 Å². The van der Waals surface area contributed by atoms with Gasteiger partial charge in [-0.3, -0.25) is 0 Å². The number of β-amino-alcohol motifs (C(OH)–C–C–N with tert-alkyl or cyclic N) is 1. The first-order valence-corrected chi connectivity index (χ1v) is 7.22. The van der Waals surface area contributed by atoms with Crippen LogP contribution in [0.3, 0.4) is 0 Å². The normalized spacial score (nSPS) is 17.2. The average Bonchev–Trinajstić information content (AvgIpc) is 2.68. The van der Waals surface area contributed by atoms with Crippen molar-refractivity contribution >= 4 is 22.8 Å². The van der Waals surface area contributed by atoms with Crippen LogP contribution in [0, 0.1) is 0 Å². The van der Waals surface area contributed by atoms with E-state index in [1.165, 1.54) is 0 Å². The predicted octanol–water partition coefficient (Wildman–Crippen LogP) is 3.03. The molecule has 0 bridgehead atoms. The standard InChI is InChI=1S/C17H19N3O/c1-2-18-13-8-4-3-7-12(13)17-16(21)11-19-14-9-5-6-10-15(14)20-17/h3-10,16,18-19,21H,2,11H2,1H3. The molecule has 0 aliphatic carbocycles. The SMILES string of the molecule is CCNc1ccccc1C1=Nc2ccccc2NCC1O. The lowest BCUT2D eigenvalue weighted by Crippen LogP contribution is -2.28. The minimum atomic E-state index is -0.641. The summed E-state index contributed by atoms with van der Waals surface area (Å²) in [5.41, 5.74) is 4.45. The maximum atomic E-state index is 10.4. The first-order chi connectivity index (χ1) is 10.3. The van der Waals surface area contributed by atoms with Gasteiger partial charge in [0.15, 0.2) is 0 Å². The molecule has 0 radical (unpaired) electrons. The zero-order valence-corrected chi connectivity index (χ0v) is 12.0. The maximum Gasteiger partial charge on any atom is 0.114 e. The Morgan fingerprint density at radius 1 is 1.19 bits per heavy atom. The fourth-order valence-electron chi connectivity index (χ4n) is 2.52. The quantitative estimate of drug-likeness (QED) is 0.810. The van der Waals surface area contributed by atoms with Crippen LogP contribution in [-0.2, 0) is 0 Å². The molecule has 2 aromatic rings. The van der Waals surface area contributed by atoms with Crippen LogP contribution in [0.1, 0.15) is 12.5 Å². The molecule has 0 aromatic heterocycles. The molecule has 21 heavy (non-hydrogen) atoms. The van der Waals surface area contributed by atoms with Gasteiger partial charge in [0.1, 0.15) is 6.10 Å². The van der Waals surface area contributed by atoms with Gasteiger partial charge in [0.2, 0.25) is 0 Å². The predicted molar refractivity (Wildman–Crippen MR) is 87.7 cm³/mol. The van der Waals surface area contributed by atoms with Gasteiger partial charge in [-0.05, 0) is 25.1 Å². The lowest BCUT2D eigenvalue weighted by Gasteiger charge is -2.16. The lowest BCUT2D eigenvalue weighted by molar-refractivity contribution is 0.255. The van der Waals surface area contributed by atoms with Crippen LogP contribution in [0.15, 0.2) is 53.5 Å². The largest absolute Gasteiger partial charge is 0.385 e. The Morgan fingerprint density at radius 2 is 1.95 bits per heavy atom. The highest BCUT2D eigenvalue weighted by Gasteiger charge is 2.21. The molecule has 4 nitrogen and oxygen atoms in total. The maximum absolute atomic E-state index is 10.4. The van der Waals surface area contributed by atoms with Crippen molar-refractivity contribution in [3.63, 3.8) is 0 Å². The Hall–Kier alpha value is -2.33. The Labute approximate surface area is 124 Å². The van der Waals surface area contributed by atoms with E-state index in [0.717, 1.165) is 29.2 Å². The summed E-state index contributed by atoms with van der Waals surface area (Å²) in [6, 6.07) is 15.8. The Morgan fingerprint density at radius 3 is 2.81 bits per heavy atom. The van der Waals surface area contributed by atoms with Crippen molar-refractivity contribution in [3.8, 4) is 0 Å². The topological polar surface area (TPSA) is 56.7 Å². The number of aliphatic imine (C=N–C) groups is 1. The summed E-state index contributed by atoms with van der Waals surface area (Å²) in [6.45, 7) is 3.34. The van der Waals surface area contributed by atoms with Crippen LogP contribution in [0.2, 0.25) is 0 Å². The van der Waals surface area contributed by atoms with Crippen LogP contribution in [-0.4, -0.2) is 30.0 Å². The molecule has 3 rings (SSSR count). The average molecular weight is 281 g/mol. The summed E-state index contributed by atoms with van der Waals surface area (Å²) >= 11 is 0. The van der Waals surface area contributed by atoms with Crippen LogP contribution in [0.4, 0.5) is 17.1 Å². The Kier molecular flexibility index (Phi) is 3.88. The van der Waals surface area contributed by atoms with Crippen LogP contribution in [0.25, 0.3) is 0 Å². The van der Waals surface area contributed by atoms with Gasteiger partial charge in [-0.2, -0.15) is 0 Å². The van der Waals surface area contributed by atoms with Crippen molar-refractivity contribution in [2.45, 2.75) is 13.0 Å². The molecule has 108 valence electrons. The summed E-state index contributed by atoms with van der Waals surface area (Å²) in [7, 11) is 0. The summed E-state index contributed by atoms with van der Waals surface area (Å²) in [5, 5.41) is 17.0. The molecule has 2 aromatic carbocycles. The summed E-state index contributed by atoms with van der Waals surface area (Å²) in [6.07, 6.45) is -0.641. The number of para-hydroxylation sites is 3. The second kappa shape index (κ2) is 5.97. The number of hydrogen-bond donors (Lipinski definition) is 3. The third-order valence-corrected chi connectivity index (χ3v) is 3.52. The van der Waals surface area contributed by atoms with Crippen molar-refractivity contribution in [2.75, 3.05) is 23.7 Å². The molecule has 1 heterocycles. The van der Waals surface area contributed by atoms with Gasteiger partial charge < -0.3 is 15.7 Å². The molecule has 3 N–H and O–H groups in total. The molecular formula is C17H19N3O. The molecule has 1 aliphatic heterocycles. The molecule has 1 unspecified atom stereocenters. The van der Waals surface area contributed by atoms with E-state index in [4.69, 9.17) is 4.99 Å². The summed E-state index contributed by atoms with van der Waals surface area (Å²) < 4.78 is 0. The molecular weight excluding hydrogens is 262 g/mol. The molecule has 0 saturated heterocycles.